The molecule has 0 aliphatic carbocycles. The van der Waals surface area contributed by atoms with Crippen LogP contribution in [0.3, 0.4) is 0 Å². The van der Waals surface area contributed by atoms with E-state index in [0.717, 1.165) is 29.6 Å². The second kappa shape index (κ2) is 4.53. The predicted octanol–water partition coefficient (Wildman–Crippen LogP) is 1.91. The summed E-state index contributed by atoms with van der Waals surface area (Å²) in [6.45, 7) is 5.82. The van der Waals surface area contributed by atoms with E-state index in [1.54, 1.807) is 6.33 Å². The highest BCUT2D eigenvalue weighted by atomic mass is 79.9. The highest BCUT2D eigenvalue weighted by molar-refractivity contribution is 9.10. The number of halogens is 1. The third kappa shape index (κ3) is 2.18. The fourth-order valence-corrected chi connectivity index (χ4v) is 3.28. The van der Waals surface area contributed by atoms with E-state index < -0.39 is 0 Å². The van der Waals surface area contributed by atoms with Crippen molar-refractivity contribution in [2.24, 2.45) is 0 Å². The zero-order chi connectivity index (χ0) is 11.8. The third-order valence-electron chi connectivity index (χ3n) is 3.85. The normalized spacial score (nSPS) is 29.4. The van der Waals surface area contributed by atoms with E-state index in [1.807, 2.05) is 6.07 Å². The largest absolute Gasteiger partial charge is 0.351 e. The summed E-state index contributed by atoms with van der Waals surface area (Å²) in [6.07, 6.45) is 4.31. The molecule has 0 amide bonds. The summed E-state index contributed by atoms with van der Waals surface area (Å²) in [5, 5.41) is 0. The van der Waals surface area contributed by atoms with Gasteiger partial charge in [0.2, 0.25) is 0 Å². The first-order valence-electron chi connectivity index (χ1n) is 6.22. The van der Waals surface area contributed by atoms with Crippen LogP contribution in [0.1, 0.15) is 19.8 Å². The summed E-state index contributed by atoms with van der Waals surface area (Å²) in [4.78, 5) is 13.5. The number of aromatic nitrogens is 2. The second-order valence-electron chi connectivity index (χ2n) is 4.99. The van der Waals surface area contributed by atoms with Gasteiger partial charge in [-0.3, -0.25) is 4.90 Å². The molecule has 5 heteroatoms. The molecular formula is C12H17BrN4. The molecule has 1 aromatic rings. The minimum atomic E-state index is 0.533. The van der Waals surface area contributed by atoms with E-state index in [4.69, 9.17) is 0 Å². The van der Waals surface area contributed by atoms with Crippen molar-refractivity contribution in [3.05, 3.63) is 17.0 Å². The molecule has 2 aliphatic heterocycles. The number of nitrogens with zero attached hydrogens (tertiary/aromatic N) is 4. The van der Waals surface area contributed by atoms with Gasteiger partial charge in [-0.15, -0.1) is 0 Å². The Kier molecular flexibility index (Phi) is 3.04. The lowest BCUT2D eigenvalue weighted by Crippen LogP contribution is -2.55. The first kappa shape index (κ1) is 11.4. The van der Waals surface area contributed by atoms with Gasteiger partial charge in [-0.05, 0) is 42.2 Å². The van der Waals surface area contributed by atoms with Gasteiger partial charge < -0.3 is 4.90 Å². The van der Waals surface area contributed by atoms with Crippen molar-refractivity contribution >= 4 is 21.7 Å². The molecule has 92 valence electrons. The first-order chi connectivity index (χ1) is 8.24. The molecule has 0 radical (unpaired) electrons. The molecule has 0 saturated carbocycles. The first-order valence-corrected chi connectivity index (χ1v) is 7.01. The molecule has 3 heterocycles. The van der Waals surface area contributed by atoms with Gasteiger partial charge in [-0.25, -0.2) is 9.97 Å². The van der Waals surface area contributed by atoms with Crippen LogP contribution in [-0.4, -0.2) is 46.6 Å². The molecule has 17 heavy (non-hydrogen) atoms. The number of hydrogen-bond acceptors (Lipinski definition) is 4. The van der Waals surface area contributed by atoms with Crippen LogP contribution in [0.5, 0.6) is 0 Å². The van der Waals surface area contributed by atoms with E-state index >= 15 is 0 Å². The average molecular weight is 297 g/mol. The van der Waals surface area contributed by atoms with Gasteiger partial charge in [-0.1, -0.05) is 0 Å². The van der Waals surface area contributed by atoms with Gasteiger partial charge >= 0.3 is 0 Å². The van der Waals surface area contributed by atoms with Gasteiger partial charge in [0.05, 0.1) is 0 Å². The molecule has 3 rings (SSSR count). The minimum absolute atomic E-state index is 0.533. The van der Waals surface area contributed by atoms with Gasteiger partial charge in [0.15, 0.2) is 0 Å². The molecule has 0 bridgehead atoms. The van der Waals surface area contributed by atoms with Gasteiger partial charge in [0, 0.05) is 31.2 Å². The molecule has 2 unspecified atom stereocenters. The molecule has 2 saturated heterocycles. The summed E-state index contributed by atoms with van der Waals surface area (Å²) >= 11 is 3.42. The average Bonchev–Trinajstić information content (AvgIpc) is 2.75. The fourth-order valence-electron chi connectivity index (χ4n) is 2.99. The molecule has 0 aromatic carbocycles. The number of piperazine rings is 1. The number of fused-ring (bicyclic) bond motifs is 1. The van der Waals surface area contributed by atoms with E-state index in [1.165, 1.54) is 19.4 Å². The van der Waals surface area contributed by atoms with E-state index in [0.29, 0.717) is 6.04 Å². The van der Waals surface area contributed by atoms with Crippen molar-refractivity contribution < 1.29 is 0 Å². The van der Waals surface area contributed by atoms with Gasteiger partial charge in [0.25, 0.3) is 0 Å². The van der Waals surface area contributed by atoms with Crippen LogP contribution in [0.2, 0.25) is 0 Å². The van der Waals surface area contributed by atoms with E-state index in [2.05, 4.69) is 42.6 Å². The van der Waals surface area contributed by atoms with Crippen molar-refractivity contribution in [1.82, 2.24) is 14.9 Å². The van der Waals surface area contributed by atoms with Crippen molar-refractivity contribution in [3.63, 3.8) is 0 Å². The second-order valence-corrected chi connectivity index (χ2v) is 5.80. The highest BCUT2D eigenvalue weighted by Crippen LogP contribution is 2.28. The molecule has 0 N–H and O–H groups in total. The summed E-state index contributed by atoms with van der Waals surface area (Å²) in [6, 6.07) is 3.27. The molecule has 2 aliphatic rings. The van der Waals surface area contributed by atoms with Crippen LogP contribution < -0.4 is 4.90 Å². The molecule has 4 nitrogen and oxygen atoms in total. The minimum Gasteiger partial charge on any atom is -0.351 e. The fraction of sp³-hybridized carbons (Fsp3) is 0.667. The number of rotatable bonds is 1. The Morgan fingerprint density at radius 1 is 1.35 bits per heavy atom. The molecule has 0 spiro atoms. The Hall–Kier alpha value is -0.680. The molecule has 2 fully saturated rings. The summed E-state index contributed by atoms with van der Waals surface area (Å²) in [5.74, 6) is 1.05. The lowest BCUT2D eigenvalue weighted by Gasteiger charge is -2.42. The summed E-state index contributed by atoms with van der Waals surface area (Å²) in [7, 11) is 0. The van der Waals surface area contributed by atoms with Crippen LogP contribution >= 0.6 is 15.9 Å². The van der Waals surface area contributed by atoms with Crippen molar-refractivity contribution in [3.8, 4) is 0 Å². The molecular weight excluding hydrogens is 280 g/mol. The van der Waals surface area contributed by atoms with Crippen LogP contribution in [0.25, 0.3) is 0 Å². The van der Waals surface area contributed by atoms with Crippen LogP contribution in [0, 0.1) is 0 Å². The molecule has 1 aromatic heterocycles. The van der Waals surface area contributed by atoms with Crippen LogP contribution in [-0.2, 0) is 0 Å². The topological polar surface area (TPSA) is 32.3 Å². The zero-order valence-electron chi connectivity index (χ0n) is 10.0. The maximum Gasteiger partial charge on any atom is 0.133 e. The number of hydrogen-bond donors (Lipinski definition) is 0. The van der Waals surface area contributed by atoms with Crippen molar-refractivity contribution in [2.45, 2.75) is 31.8 Å². The maximum atomic E-state index is 4.39. The quantitative estimate of drug-likeness (QED) is 0.741. The van der Waals surface area contributed by atoms with Gasteiger partial charge in [-0.2, -0.15) is 0 Å². The van der Waals surface area contributed by atoms with Crippen LogP contribution in [0.4, 0.5) is 5.82 Å². The standard InChI is InChI=1S/C12H17BrN4/c1-9-6-16-4-2-3-10(16)7-17(9)12-5-11(13)14-8-15-12/h5,8-10H,2-4,6-7H2,1H3. The summed E-state index contributed by atoms with van der Waals surface area (Å²) < 4.78 is 0.864. The maximum absolute atomic E-state index is 4.39. The Morgan fingerprint density at radius 2 is 2.24 bits per heavy atom. The van der Waals surface area contributed by atoms with Crippen molar-refractivity contribution in [1.29, 1.82) is 0 Å². The Morgan fingerprint density at radius 3 is 3.06 bits per heavy atom. The lowest BCUT2D eigenvalue weighted by molar-refractivity contribution is 0.202. The molecule has 2 atom stereocenters. The highest BCUT2D eigenvalue weighted by Gasteiger charge is 2.34. The SMILES string of the molecule is CC1CN2CCCC2CN1c1cc(Br)ncn1. The van der Waals surface area contributed by atoms with E-state index in [-0.39, 0.29) is 0 Å². The predicted molar refractivity (Wildman–Crippen MR) is 71.1 cm³/mol. The Labute approximate surface area is 110 Å². The number of anilines is 1. The van der Waals surface area contributed by atoms with Crippen LogP contribution in [0.15, 0.2) is 17.0 Å². The Balaban J connectivity index is 1.83. The van der Waals surface area contributed by atoms with Crippen molar-refractivity contribution in [2.75, 3.05) is 24.5 Å². The smallest absolute Gasteiger partial charge is 0.133 e. The zero-order valence-corrected chi connectivity index (χ0v) is 11.6. The lowest BCUT2D eigenvalue weighted by atomic mass is 10.1. The van der Waals surface area contributed by atoms with E-state index in [9.17, 15) is 0 Å². The van der Waals surface area contributed by atoms with Gasteiger partial charge in [0.1, 0.15) is 16.7 Å². The summed E-state index contributed by atoms with van der Waals surface area (Å²) in [5.41, 5.74) is 0. The Bertz CT molecular complexity index is 411. The monoisotopic (exact) mass is 296 g/mol. The third-order valence-corrected chi connectivity index (χ3v) is 4.28.